The molecule has 96 valence electrons. The third-order valence-electron chi connectivity index (χ3n) is 3.68. The van der Waals surface area contributed by atoms with Crippen LogP contribution in [0.5, 0.6) is 0 Å². The van der Waals surface area contributed by atoms with Gasteiger partial charge in [0.2, 0.25) is 0 Å². The standard InChI is InChI=1S/C14H20N4/c1-10-13-7-12(8-15-6-5-11-3-4-11)9-16-14(13)18(2)17-10/h7,9,11,15H,3-6,8H2,1-2H3. The molecule has 0 saturated heterocycles. The van der Waals surface area contributed by atoms with Gasteiger partial charge >= 0.3 is 0 Å². The van der Waals surface area contributed by atoms with Crippen LogP contribution in [0.25, 0.3) is 11.0 Å². The fourth-order valence-electron chi connectivity index (χ4n) is 2.39. The van der Waals surface area contributed by atoms with Crippen LogP contribution in [0.15, 0.2) is 12.3 Å². The summed E-state index contributed by atoms with van der Waals surface area (Å²) in [5.41, 5.74) is 3.27. The first-order valence-electron chi connectivity index (χ1n) is 6.73. The average Bonchev–Trinajstić information content (AvgIpc) is 3.14. The number of pyridine rings is 1. The number of nitrogens with one attached hydrogen (secondary N) is 1. The lowest BCUT2D eigenvalue weighted by Gasteiger charge is -2.04. The Bertz CT molecular complexity index is 554. The number of nitrogens with zero attached hydrogens (tertiary/aromatic N) is 3. The third-order valence-corrected chi connectivity index (χ3v) is 3.68. The van der Waals surface area contributed by atoms with Crippen molar-refractivity contribution in [3.8, 4) is 0 Å². The van der Waals surface area contributed by atoms with E-state index in [1.165, 1.54) is 30.2 Å². The lowest BCUT2D eigenvalue weighted by molar-refractivity contribution is 0.612. The van der Waals surface area contributed by atoms with Crippen molar-refractivity contribution in [3.05, 3.63) is 23.5 Å². The molecule has 2 aromatic rings. The number of aryl methyl sites for hydroxylation is 2. The van der Waals surface area contributed by atoms with Crippen LogP contribution in [0.3, 0.4) is 0 Å². The first-order chi connectivity index (χ1) is 8.74. The van der Waals surface area contributed by atoms with Gasteiger partial charge in [0.15, 0.2) is 5.65 Å². The highest BCUT2D eigenvalue weighted by molar-refractivity contribution is 5.78. The zero-order valence-electron chi connectivity index (χ0n) is 11.1. The minimum Gasteiger partial charge on any atom is -0.313 e. The maximum Gasteiger partial charge on any atom is 0.157 e. The summed E-state index contributed by atoms with van der Waals surface area (Å²) >= 11 is 0. The molecule has 0 atom stereocenters. The number of fused-ring (bicyclic) bond motifs is 1. The van der Waals surface area contributed by atoms with Crippen LogP contribution < -0.4 is 5.32 Å². The van der Waals surface area contributed by atoms with E-state index in [2.05, 4.69) is 21.5 Å². The van der Waals surface area contributed by atoms with Gasteiger partial charge in [0.1, 0.15) is 0 Å². The van der Waals surface area contributed by atoms with Crippen molar-refractivity contribution in [1.29, 1.82) is 0 Å². The van der Waals surface area contributed by atoms with Gasteiger partial charge in [-0.3, -0.25) is 4.68 Å². The third kappa shape index (κ3) is 2.38. The van der Waals surface area contributed by atoms with E-state index in [1.54, 1.807) is 0 Å². The van der Waals surface area contributed by atoms with Gasteiger partial charge < -0.3 is 5.32 Å². The molecule has 0 unspecified atom stereocenters. The first-order valence-corrected chi connectivity index (χ1v) is 6.73. The molecular formula is C14H20N4. The molecule has 3 rings (SSSR count). The van der Waals surface area contributed by atoms with E-state index in [0.717, 1.165) is 30.3 Å². The second-order valence-corrected chi connectivity index (χ2v) is 5.33. The molecule has 1 fully saturated rings. The van der Waals surface area contributed by atoms with E-state index < -0.39 is 0 Å². The van der Waals surface area contributed by atoms with Gasteiger partial charge in [-0.2, -0.15) is 5.10 Å². The van der Waals surface area contributed by atoms with Crippen LogP contribution in [0.2, 0.25) is 0 Å². The summed E-state index contributed by atoms with van der Waals surface area (Å²) in [5, 5.41) is 9.06. The minimum absolute atomic E-state index is 0.907. The van der Waals surface area contributed by atoms with Gasteiger partial charge in [-0.15, -0.1) is 0 Å². The Balaban J connectivity index is 1.66. The average molecular weight is 244 g/mol. The van der Waals surface area contributed by atoms with Crippen LogP contribution in [0.4, 0.5) is 0 Å². The van der Waals surface area contributed by atoms with Crippen LogP contribution in [0, 0.1) is 12.8 Å². The van der Waals surface area contributed by atoms with E-state index in [1.807, 2.05) is 24.9 Å². The second-order valence-electron chi connectivity index (χ2n) is 5.33. The van der Waals surface area contributed by atoms with Crippen molar-refractivity contribution in [1.82, 2.24) is 20.1 Å². The van der Waals surface area contributed by atoms with E-state index in [4.69, 9.17) is 0 Å². The van der Waals surface area contributed by atoms with Crippen LogP contribution in [-0.2, 0) is 13.6 Å². The predicted octanol–water partition coefficient (Wildman–Crippen LogP) is 2.17. The quantitative estimate of drug-likeness (QED) is 0.820. The van der Waals surface area contributed by atoms with E-state index in [0.29, 0.717) is 0 Å². The SMILES string of the molecule is Cc1nn(C)c2ncc(CNCCC3CC3)cc12. The van der Waals surface area contributed by atoms with Gasteiger partial charge in [0.25, 0.3) is 0 Å². The largest absolute Gasteiger partial charge is 0.313 e. The Hall–Kier alpha value is -1.42. The summed E-state index contributed by atoms with van der Waals surface area (Å²) in [6, 6.07) is 2.20. The summed E-state index contributed by atoms with van der Waals surface area (Å²) in [6.07, 6.45) is 6.14. The fourth-order valence-corrected chi connectivity index (χ4v) is 2.39. The Morgan fingerprint density at radius 2 is 2.28 bits per heavy atom. The van der Waals surface area contributed by atoms with Crippen LogP contribution >= 0.6 is 0 Å². The molecule has 2 aromatic heterocycles. The van der Waals surface area contributed by atoms with Crippen molar-refractivity contribution < 1.29 is 0 Å². The summed E-state index contributed by atoms with van der Waals surface area (Å²) in [7, 11) is 1.94. The van der Waals surface area contributed by atoms with Crippen molar-refractivity contribution >= 4 is 11.0 Å². The Morgan fingerprint density at radius 1 is 1.44 bits per heavy atom. The van der Waals surface area contributed by atoms with Gasteiger partial charge in [-0.05, 0) is 37.4 Å². The van der Waals surface area contributed by atoms with E-state index in [-0.39, 0.29) is 0 Å². The maximum absolute atomic E-state index is 4.49. The highest BCUT2D eigenvalue weighted by Crippen LogP contribution is 2.31. The fraction of sp³-hybridized carbons (Fsp3) is 0.571. The highest BCUT2D eigenvalue weighted by atomic mass is 15.3. The van der Waals surface area contributed by atoms with Gasteiger partial charge in [0, 0.05) is 25.2 Å². The monoisotopic (exact) mass is 244 g/mol. The Labute approximate surface area is 107 Å². The summed E-state index contributed by atoms with van der Waals surface area (Å²) in [6.45, 7) is 4.06. The molecule has 18 heavy (non-hydrogen) atoms. The lowest BCUT2D eigenvalue weighted by Crippen LogP contribution is -2.15. The number of rotatable bonds is 5. The number of hydrogen-bond donors (Lipinski definition) is 1. The zero-order chi connectivity index (χ0) is 12.5. The molecule has 0 amide bonds. The molecule has 0 aliphatic heterocycles. The Morgan fingerprint density at radius 3 is 3.06 bits per heavy atom. The van der Waals surface area contributed by atoms with Crippen LogP contribution in [-0.4, -0.2) is 21.3 Å². The number of aromatic nitrogens is 3. The molecule has 0 radical (unpaired) electrons. The number of hydrogen-bond acceptors (Lipinski definition) is 3. The molecule has 0 aromatic carbocycles. The van der Waals surface area contributed by atoms with Gasteiger partial charge in [-0.1, -0.05) is 12.8 Å². The molecule has 0 bridgehead atoms. The van der Waals surface area contributed by atoms with Gasteiger partial charge in [0.05, 0.1) is 5.69 Å². The Kier molecular flexibility index (Phi) is 3.04. The second kappa shape index (κ2) is 4.69. The minimum atomic E-state index is 0.907. The predicted molar refractivity (Wildman–Crippen MR) is 72.3 cm³/mol. The van der Waals surface area contributed by atoms with Gasteiger partial charge in [-0.25, -0.2) is 4.98 Å². The molecule has 2 heterocycles. The molecule has 0 spiro atoms. The summed E-state index contributed by atoms with van der Waals surface area (Å²) < 4.78 is 1.84. The molecule has 1 N–H and O–H groups in total. The smallest absolute Gasteiger partial charge is 0.157 e. The normalized spacial score (nSPS) is 15.4. The van der Waals surface area contributed by atoms with Crippen molar-refractivity contribution in [3.63, 3.8) is 0 Å². The van der Waals surface area contributed by atoms with E-state index in [9.17, 15) is 0 Å². The molecule has 4 nitrogen and oxygen atoms in total. The van der Waals surface area contributed by atoms with E-state index >= 15 is 0 Å². The topological polar surface area (TPSA) is 42.7 Å². The lowest BCUT2D eigenvalue weighted by atomic mass is 10.2. The molecule has 1 saturated carbocycles. The summed E-state index contributed by atoms with van der Waals surface area (Å²) in [5.74, 6) is 0.999. The van der Waals surface area contributed by atoms with Crippen molar-refractivity contribution in [2.24, 2.45) is 13.0 Å². The zero-order valence-corrected chi connectivity index (χ0v) is 11.1. The van der Waals surface area contributed by atoms with Crippen molar-refractivity contribution in [2.75, 3.05) is 6.54 Å². The van der Waals surface area contributed by atoms with Crippen LogP contribution in [0.1, 0.15) is 30.5 Å². The molecule has 1 aliphatic carbocycles. The first kappa shape index (κ1) is 11.7. The highest BCUT2D eigenvalue weighted by Gasteiger charge is 2.19. The molecule has 4 heteroatoms. The molecule has 1 aliphatic rings. The van der Waals surface area contributed by atoms with Crippen molar-refractivity contribution in [2.45, 2.75) is 32.7 Å². The summed E-state index contributed by atoms with van der Waals surface area (Å²) in [4.78, 5) is 4.49. The maximum atomic E-state index is 4.49. The molecular weight excluding hydrogens is 224 g/mol.